The van der Waals surface area contributed by atoms with Gasteiger partial charge in [-0.2, -0.15) is 0 Å². The zero-order valence-corrected chi connectivity index (χ0v) is 16.3. The molecule has 0 fully saturated rings. The van der Waals surface area contributed by atoms with Gasteiger partial charge in [0.25, 0.3) is 0 Å². The molecular formula is C21H17F3O6. The first kappa shape index (κ1) is 21.2. The molecule has 0 bridgehead atoms. The number of rotatable bonds is 5. The highest BCUT2D eigenvalue weighted by molar-refractivity contribution is 6.09. The smallest absolute Gasteiger partial charge is 0.452 e. The first-order chi connectivity index (χ1) is 14.0. The Balaban J connectivity index is 2.22. The minimum absolute atomic E-state index is 0.0415. The lowest BCUT2D eigenvalue weighted by atomic mass is 10.1. The van der Waals surface area contributed by atoms with Gasteiger partial charge in [-0.05, 0) is 38.1 Å². The third-order valence-electron chi connectivity index (χ3n) is 4.21. The Labute approximate surface area is 168 Å². The monoisotopic (exact) mass is 422 g/mol. The summed E-state index contributed by atoms with van der Waals surface area (Å²) in [5.74, 6) is -2.40. The van der Waals surface area contributed by atoms with Crippen molar-refractivity contribution in [2.75, 3.05) is 0 Å². The summed E-state index contributed by atoms with van der Waals surface area (Å²) in [5, 5.41) is 0.777. The molecule has 0 atom stereocenters. The number of aryl methyl sites for hydroxylation is 1. The molecule has 0 amide bonds. The van der Waals surface area contributed by atoms with E-state index >= 15 is 0 Å². The fourth-order valence-electron chi connectivity index (χ4n) is 2.76. The van der Waals surface area contributed by atoms with Crippen molar-refractivity contribution in [3.05, 3.63) is 42.0 Å². The van der Waals surface area contributed by atoms with Gasteiger partial charge in [0.05, 0.1) is 0 Å². The average Bonchev–Trinajstić information content (AvgIpc) is 3.04. The van der Waals surface area contributed by atoms with Gasteiger partial charge in [-0.1, -0.05) is 13.5 Å². The predicted molar refractivity (Wildman–Crippen MR) is 102 cm³/mol. The van der Waals surface area contributed by atoms with Gasteiger partial charge in [0, 0.05) is 28.3 Å². The Kier molecular flexibility index (Phi) is 5.47. The van der Waals surface area contributed by atoms with Crippen molar-refractivity contribution in [3.8, 4) is 17.2 Å². The molecule has 6 nitrogen and oxygen atoms in total. The van der Waals surface area contributed by atoms with Gasteiger partial charge in [0.15, 0.2) is 11.3 Å². The molecule has 0 saturated carbocycles. The molecule has 1 heterocycles. The normalized spacial score (nSPS) is 11.5. The number of fused-ring (bicyclic) bond motifs is 3. The molecule has 158 valence electrons. The quantitative estimate of drug-likeness (QED) is 0.303. The summed E-state index contributed by atoms with van der Waals surface area (Å²) in [5.41, 5.74) is 0.518. The Bertz CT molecular complexity index is 1170. The van der Waals surface area contributed by atoms with Crippen LogP contribution < -0.4 is 14.2 Å². The van der Waals surface area contributed by atoms with E-state index in [1.165, 1.54) is 32.0 Å². The molecule has 3 rings (SSSR count). The summed E-state index contributed by atoms with van der Waals surface area (Å²) < 4.78 is 59.0. The molecule has 1 aromatic heterocycles. The zero-order chi connectivity index (χ0) is 22.2. The maximum Gasteiger partial charge on any atom is 0.573 e. The van der Waals surface area contributed by atoms with Crippen LogP contribution in [0, 0.1) is 6.92 Å². The molecule has 9 heteroatoms. The van der Waals surface area contributed by atoms with Crippen molar-refractivity contribution in [1.29, 1.82) is 0 Å². The van der Waals surface area contributed by atoms with E-state index in [-0.39, 0.29) is 28.9 Å². The fourth-order valence-corrected chi connectivity index (χ4v) is 2.76. The van der Waals surface area contributed by atoms with E-state index in [1.54, 1.807) is 13.0 Å². The summed E-state index contributed by atoms with van der Waals surface area (Å²) in [6, 6.07) is 5.71. The first-order valence-corrected chi connectivity index (χ1v) is 8.84. The summed E-state index contributed by atoms with van der Waals surface area (Å²) in [7, 11) is 0. The van der Waals surface area contributed by atoms with Crippen molar-refractivity contribution in [2.24, 2.45) is 0 Å². The van der Waals surface area contributed by atoms with E-state index in [0.29, 0.717) is 16.3 Å². The number of esters is 2. The van der Waals surface area contributed by atoms with Crippen LogP contribution in [0.25, 0.3) is 21.9 Å². The molecule has 0 aliphatic heterocycles. The number of halogens is 3. The second-order valence-electron chi connectivity index (χ2n) is 6.48. The van der Waals surface area contributed by atoms with Crippen LogP contribution in [0.2, 0.25) is 0 Å². The Morgan fingerprint density at radius 1 is 1.03 bits per heavy atom. The number of carbonyl (C=O) groups excluding carboxylic acids is 2. The van der Waals surface area contributed by atoms with Crippen LogP contribution in [-0.2, 0) is 9.59 Å². The van der Waals surface area contributed by atoms with Gasteiger partial charge in [-0.3, -0.25) is 4.79 Å². The van der Waals surface area contributed by atoms with E-state index in [9.17, 15) is 22.8 Å². The van der Waals surface area contributed by atoms with E-state index in [2.05, 4.69) is 11.3 Å². The molecule has 0 unspecified atom stereocenters. The number of furan rings is 1. The topological polar surface area (TPSA) is 75.0 Å². The Hall–Kier alpha value is -3.49. The average molecular weight is 422 g/mol. The predicted octanol–water partition coefficient (Wildman–Crippen LogP) is 5.59. The zero-order valence-electron chi connectivity index (χ0n) is 16.3. The second kappa shape index (κ2) is 7.74. The molecular weight excluding hydrogens is 405 g/mol. The third kappa shape index (κ3) is 4.10. The first-order valence-electron chi connectivity index (χ1n) is 8.84. The van der Waals surface area contributed by atoms with Crippen molar-refractivity contribution in [3.63, 3.8) is 0 Å². The van der Waals surface area contributed by atoms with Crippen molar-refractivity contribution >= 4 is 33.9 Å². The standard InChI is InChI=1S/C21H17F3O6/c1-5-16(25)27-15-9-7-13-12-6-8-14(28-20(26)10(2)3)11(4)17(12)29-18(13)19(15)30-21(22,23)24/h6-9H,2,5H2,1,3-4H3. The molecule has 0 aliphatic rings. The van der Waals surface area contributed by atoms with Crippen molar-refractivity contribution in [1.82, 2.24) is 0 Å². The minimum atomic E-state index is -5.04. The second-order valence-corrected chi connectivity index (χ2v) is 6.48. The number of hydrogen-bond donors (Lipinski definition) is 0. The maximum absolute atomic E-state index is 13.0. The van der Waals surface area contributed by atoms with Crippen LogP contribution in [0.1, 0.15) is 25.8 Å². The fraction of sp³-hybridized carbons (Fsp3) is 0.238. The van der Waals surface area contributed by atoms with E-state index in [4.69, 9.17) is 13.9 Å². The van der Waals surface area contributed by atoms with Crippen LogP contribution in [0.5, 0.6) is 17.2 Å². The highest BCUT2D eigenvalue weighted by Gasteiger charge is 2.35. The summed E-state index contributed by atoms with van der Waals surface area (Å²) in [6.45, 7) is 8.08. The van der Waals surface area contributed by atoms with Gasteiger partial charge in [0.1, 0.15) is 11.3 Å². The number of alkyl halides is 3. The van der Waals surface area contributed by atoms with Crippen molar-refractivity contribution in [2.45, 2.75) is 33.6 Å². The van der Waals surface area contributed by atoms with Crippen LogP contribution >= 0.6 is 0 Å². The van der Waals surface area contributed by atoms with E-state index < -0.39 is 29.8 Å². The van der Waals surface area contributed by atoms with Gasteiger partial charge in [-0.15, -0.1) is 13.2 Å². The summed E-state index contributed by atoms with van der Waals surface area (Å²) in [6.07, 6.45) is -5.09. The van der Waals surface area contributed by atoms with Gasteiger partial charge in [-0.25, -0.2) is 4.79 Å². The van der Waals surface area contributed by atoms with Crippen LogP contribution in [0.15, 0.2) is 40.8 Å². The van der Waals surface area contributed by atoms with Gasteiger partial charge < -0.3 is 18.6 Å². The molecule has 0 aliphatic carbocycles. The molecule has 0 radical (unpaired) electrons. The largest absolute Gasteiger partial charge is 0.573 e. The summed E-state index contributed by atoms with van der Waals surface area (Å²) >= 11 is 0. The van der Waals surface area contributed by atoms with E-state index in [1.807, 2.05) is 0 Å². The van der Waals surface area contributed by atoms with E-state index in [0.717, 1.165) is 0 Å². The summed E-state index contributed by atoms with van der Waals surface area (Å²) in [4.78, 5) is 23.4. The maximum atomic E-state index is 13.0. The lowest BCUT2D eigenvalue weighted by molar-refractivity contribution is -0.274. The highest BCUT2D eigenvalue weighted by Crippen LogP contribution is 2.44. The third-order valence-corrected chi connectivity index (χ3v) is 4.21. The molecule has 3 aromatic rings. The highest BCUT2D eigenvalue weighted by atomic mass is 19.4. The Morgan fingerprint density at radius 2 is 1.63 bits per heavy atom. The lowest BCUT2D eigenvalue weighted by Crippen LogP contribution is -2.18. The molecule has 0 N–H and O–H groups in total. The molecule has 2 aromatic carbocycles. The van der Waals surface area contributed by atoms with Crippen LogP contribution in [0.3, 0.4) is 0 Å². The van der Waals surface area contributed by atoms with Crippen LogP contribution in [0.4, 0.5) is 13.2 Å². The number of carbonyl (C=O) groups is 2. The number of benzene rings is 2. The molecule has 0 saturated heterocycles. The van der Waals surface area contributed by atoms with Gasteiger partial charge in [0.2, 0.25) is 5.75 Å². The lowest BCUT2D eigenvalue weighted by Gasteiger charge is -2.13. The SMILES string of the molecule is C=C(C)C(=O)Oc1ccc2c(oc3c(OC(F)(F)F)c(OC(=O)CC)ccc32)c1C. The number of hydrogen-bond acceptors (Lipinski definition) is 6. The minimum Gasteiger partial charge on any atom is -0.452 e. The van der Waals surface area contributed by atoms with Gasteiger partial charge >= 0.3 is 18.3 Å². The van der Waals surface area contributed by atoms with Crippen LogP contribution in [-0.4, -0.2) is 18.3 Å². The number of ether oxygens (including phenoxy) is 3. The Morgan fingerprint density at radius 3 is 2.20 bits per heavy atom. The molecule has 30 heavy (non-hydrogen) atoms. The van der Waals surface area contributed by atoms with Crippen molar-refractivity contribution < 1.29 is 41.4 Å². The molecule has 0 spiro atoms.